The van der Waals surface area contributed by atoms with Crippen LogP contribution in [0, 0.1) is 0 Å². The van der Waals surface area contributed by atoms with E-state index in [0.29, 0.717) is 6.04 Å². The van der Waals surface area contributed by atoms with Crippen LogP contribution >= 0.6 is 11.6 Å². The van der Waals surface area contributed by atoms with E-state index in [4.69, 9.17) is 11.6 Å². The second-order valence-electron chi connectivity index (χ2n) is 4.35. The van der Waals surface area contributed by atoms with Crippen molar-refractivity contribution >= 4 is 17.3 Å². The molecule has 0 saturated carbocycles. The summed E-state index contributed by atoms with van der Waals surface area (Å²) in [7, 11) is 1.97. The predicted molar refractivity (Wildman–Crippen MR) is 77.0 cm³/mol. The molecular weight excluding hydrogens is 232 g/mol. The fraction of sp³-hybridized carbons (Fsp3) is 0.571. The number of rotatable bonds is 6. The summed E-state index contributed by atoms with van der Waals surface area (Å²) in [6, 6.07) is 6.68. The molecule has 1 N–H and O–H groups in total. The molecule has 0 heterocycles. The molecule has 0 aliphatic heterocycles. The van der Waals surface area contributed by atoms with Crippen molar-refractivity contribution in [1.29, 1.82) is 0 Å². The van der Waals surface area contributed by atoms with E-state index in [9.17, 15) is 0 Å². The van der Waals surface area contributed by atoms with Crippen molar-refractivity contribution in [3.8, 4) is 0 Å². The Labute approximate surface area is 110 Å². The Morgan fingerprint density at radius 2 is 2.06 bits per heavy atom. The highest BCUT2D eigenvalue weighted by atomic mass is 35.5. The van der Waals surface area contributed by atoms with Crippen LogP contribution in [0.5, 0.6) is 0 Å². The molecule has 1 rings (SSSR count). The van der Waals surface area contributed by atoms with Gasteiger partial charge in [0.2, 0.25) is 0 Å². The summed E-state index contributed by atoms with van der Waals surface area (Å²) in [6.45, 7) is 8.55. The molecule has 1 aromatic rings. The van der Waals surface area contributed by atoms with Crippen LogP contribution in [0.2, 0.25) is 5.02 Å². The molecule has 2 nitrogen and oxygen atoms in total. The molecule has 1 aromatic carbocycles. The van der Waals surface area contributed by atoms with Crippen LogP contribution in [0.25, 0.3) is 0 Å². The van der Waals surface area contributed by atoms with Gasteiger partial charge in [0.25, 0.3) is 0 Å². The van der Waals surface area contributed by atoms with Crippen molar-refractivity contribution in [2.75, 3.05) is 18.5 Å². The highest BCUT2D eigenvalue weighted by Gasteiger charge is 2.14. The number of hydrogen-bond acceptors (Lipinski definition) is 2. The van der Waals surface area contributed by atoms with Crippen LogP contribution in [0.15, 0.2) is 18.2 Å². The van der Waals surface area contributed by atoms with Gasteiger partial charge in [0.1, 0.15) is 0 Å². The lowest BCUT2D eigenvalue weighted by Gasteiger charge is -2.31. The van der Waals surface area contributed by atoms with Crippen LogP contribution in [-0.2, 0) is 6.54 Å². The van der Waals surface area contributed by atoms with Crippen LogP contribution in [0.4, 0.5) is 5.69 Å². The standard InChI is InChI=1S/C14H23ClN2/c1-5-11(3)17(6-2)14-9-13(15)8-7-12(14)10-16-4/h7-9,11,16H,5-6,10H2,1-4H3. The van der Waals surface area contributed by atoms with Crippen molar-refractivity contribution in [3.63, 3.8) is 0 Å². The summed E-state index contributed by atoms with van der Waals surface area (Å²) in [4.78, 5) is 2.42. The minimum absolute atomic E-state index is 0.536. The zero-order valence-corrected chi connectivity index (χ0v) is 12.0. The Kier molecular flexibility index (Phi) is 5.79. The highest BCUT2D eigenvalue weighted by molar-refractivity contribution is 6.30. The SMILES string of the molecule is CCC(C)N(CC)c1cc(Cl)ccc1CNC. The van der Waals surface area contributed by atoms with Gasteiger partial charge in [0.15, 0.2) is 0 Å². The van der Waals surface area contributed by atoms with E-state index >= 15 is 0 Å². The molecule has 0 aliphatic carbocycles. The van der Waals surface area contributed by atoms with Gasteiger partial charge in [-0.2, -0.15) is 0 Å². The minimum atomic E-state index is 0.536. The fourth-order valence-corrected chi connectivity index (χ4v) is 2.25. The van der Waals surface area contributed by atoms with Crippen LogP contribution in [0.3, 0.4) is 0 Å². The van der Waals surface area contributed by atoms with Gasteiger partial charge in [0, 0.05) is 29.8 Å². The average Bonchev–Trinajstić information content (AvgIpc) is 2.33. The Hall–Kier alpha value is -0.730. The van der Waals surface area contributed by atoms with Gasteiger partial charge < -0.3 is 10.2 Å². The Bertz CT molecular complexity index is 352. The van der Waals surface area contributed by atoms with Gasteiger partial charge in [-0.05, 0) is 45.0 Å². The maximum atomic E-state index is 6.12. The van der Waals surface area contributed by atoms with E-state index in [2.05, 4.69) is 43.1 Å². The van der Waals surface area contributed by atoms with E-state index in [1.165, 1.54) is 11.3 Å². The zero-order chi connectivity index (χ0) is 12.8. The van der Waals surface area contributed by atoms with E-state index in [0.717, 1.165) is 24.5 Å². The van der Waals surface area contributed by atoms with Crippen molar-refractivity contribution in [1.82, 2.24) is 5.32 Å². The maximum Gasteiger partial charge on any atom is 0.0429 e. The highest BCUT2D eigenvalue weighted by Crippen LogP contribution is 2.27. The second kappa shape index (κ2) is 6.87. The first-order valence-electron chi connectivity index (χ1n) is 6.33. The second-order valence-corrected chi connectivity index (χ2v) is 4.78. The molecule has 1 atom stereocenters. The van der Waals surface area contributed by atoms with Crippen LogP contribution in [0.1, 0.15) is 32.8 Å². The number of nitrogens with one attached hydrogen (secondary N) is 1. The molecule has 96 valence electrons. The molecule has 0 fully saturated rings. The van der Waals surface area contributed by atoms with E-state index in [-0.39, 0.29) is 0 Å². The molecule has 1 unspecified atom stereocenters. The third kappa shape index (κ3) is 3.62. The topological polar surface area (TPSA) is 15.3 Å². The monoisotopic (exact) mass is 254 g/mol. The minimum Gasteiger partial charge on any atom is -0.369 e. The number of nitrogens with zero attached hydrogens (tertiary/aromatic N) is 1. The molecule has 0 spiro atoms. The van der Waals surface area contributed by atoms with Crippen molar-refractivity contribution < 1.29 is 0 Å². The van der Waals surface area contributed by atoms with Crippen molar-refractivity contribution in [2.24, 2.45) is 0 Å². The molecule has 0 bridgehead atoms. The number of benzene rings is 1. The number of halogens is 1. The predicted octanol–water partition coefficient (Wildman–Crippen LogP) is 3.68. The lowest BCUT2D eigenvalue weighted by Crippen LogP contribution is -2.33. The normalized spacial score (nSPS) is 12.5. The van der Waals surface area contributed by atoms with Gasteiger partial charge >= 0.3 is 0 Å². The Balaban J connectivity index is 3.10. The van der Waals surface area contributed by atoms with E-state index in [1.54, 1.807) is 0 Å². The van der Waals surface area contributed by atoms with Gasteiger partial charge in [-0.3, -0.25) is 0 Å². The molecule has 3 heteroatoms. The molecule has 0 saturated heterocycles. The zero-order valence-electron chi connectivity index (χ0n) is 11.3. The Morgan fingerprint density at radius 1 is 1.35 bits per heavy atom. The van der Waals surface area contributed by atoms with Crippen LogP contribution in [-0.4, -0.2) is 19.6 Å². The smallest absolute Gasteiger partial charge is 0.0429 e. The summed E-state index contributed by atoms with van der Waals surface area (Å²) in [5.74, 6) is 0. The average molecular weight is 255 g/mol. The first kappa shape index (κ1) is 14.3. The number of anilines is 1. The third-order valence-electron chi connectivity index (χ3n) is 3.19. The van der Waals surface area contributed by atoms with Crippen LogP contribution < -0.4 is 10.2 Å². The summed E-state index contributed by atoms with van der Waals surface area (Å²) in [5.41, 5.74) is 2.56. The van der Waals surface area contributed by atoms with Gasteiger partial charge in [-0.25, -0.2) is 0 Å². The summed E-state index contributed by atoms with van der Waals surface area (Å²) < 4.78 is 0. The molecule has 0 aliphatic rings. The largest absolute Gasteiger partial charge is 0.369 e. The first-order valence-corrected chi connectivity index (χ1v) is 6.71. The summed E-state index contributed by atoms with van der Waals surface area (Å²) in [6.07, 6.45) is 1.14. The fourth-order valence-electron chi connectivity index (χ4n) is 2.08. The van der Waals surface area contributed by atoms with Crippen molar-refractivity contribution in [2.45, 2.75) is 39.8 Å². The molecule has 0 radical (unpaired) electrons. The van der Waals surface area contributed by atoms with E-state index < -0.39 is 0 Å². The lowest BCUT2D eigenvalue weighted by atomic mass is 10.1. The maximum absolute atomic E-state index is 6.12. The first-order chi connectivity index (χ1) is 8.13. The lowest BCUT2D eigenvalue weighted by molar-refractivity contribution is 0.625. The van der Waals surface area contributed by atoms with Gasteiger partial charge in [0.05, 0.1) is 0 Å². The molecule has 17 heavy (non-hydrogen) atoms. The van der Waals surface area contributed by atoms with Gasteiger partial charge in [-0.1, -0.05) is 24.6 Å². The molecule has 0 amide bonds. The third-order valence-corrected chi connectivity index (χ3v) is 3.42. The van der Waals surface area contributed by atoms with Crippen molar-refractivity contribution in [3.05, 3.63) is 28.8 Å². The quantitative estimate of drug-likeness (QED) is 0.833. The van der Waals surface area contributed by atoms with Gasteiger partial charge in [-0.15, -0.1) is 0 Å². The Morgan fingerprint density at radius 3 is 2.59 bits per heavy atom. The summed E-state index contributed by atoms with van der Waals surface area (Å²) >= 11 is 6.12. The number of hydrogen-bond donors (Lipinski definition) is 1. The molecular formula is C14H23ClN2. The molecule has 0 aromatic heterocycles. The summed E-state index contributed by atoms with van der Waals surface area (Å²) in [5, 5.41) is 4.02. The van der Waals surface area contributed by atoms with E-state index in [1.807, 2.05) is 13.1 Å².